The van der Waals surface area contributed by atoms with Crippen LogP contribution in [0.25, 0.3) is 11.1 Å². The Kier molecular flexibility index (Phi) is 5.06. The Morgan fingerprint density at radius 2 is 1.29 bits per heavy atom. The summed E-state index contributed by atoms with van der Waals surface area (Å²) in [7, 11) is 0. The summed E-state index contributed by atoms with van der Waals surface area (Å²) < 4.78 is 0. The summed E-state index contributed by atoms with van der Waals surface area (Å²) in [5, 5.41) is 0. The zero-order valence-corrected chi connectivity index (χ0v) is 13.8. The first-order valence-electron chi connectivity index (χ1n) is 8.17. The van der Waals surface area contributed by atoms with Crippen LogP contribution in [0.3, 0.4) is 0 Å². The molecule has 0 aliphatic carbocycles. The van der Waals surface area contributed by atoms with Gasteiger partial charge in [-0.2, -0.15) is 0 Å². The highest BCUT2D eigenvalue weighted by Crippen LogP contribution is 2.32. The summed E-state index contributed by atoms with van der Waals surface area (Å²) in [5.41, 5.74) is 15.3. The first-order chi connectivity index (χ1) is 10.1. The first kappa shape index (κ1) is 15.6. The molecule has 0 aliphatic heterocycles. The van der Waals surface area contributed by atoms with Crippen LogP contribution >= 0.6 is 0 Å². The van der Waals surface area contributed by atoms with Crippen LogP contribution in [-0.2, 0) is 25.7 Å². The van der Waals surface area contributed by atoms with Crippen LogP contribution in [0.15, 0.2) is 30.3 Å². The van der Waals surface area contributed by atoms with Crippen molar-refractivity contribution in [3.63, 3.8) is 0 Å². The Morgan fingerprint density at radius 1 is 0.714 bits per heavy atom. The van der Waals surface area contributed by atoms with Crippen LogP contribution in [-0.4, -0.2) is 0 Å². The Hall–Kier alpha value is -1.76. The lowest BCUT2D eigenvalue weighted by atomic mass is 9.88. The highest BCUT2D eigenvalue weighted by atomic mass is 14.6. The third kappa shape index (κ3) is 3.12. The standard InChI is InChI=1S/C20H27N/c1-5-14-11-16(7-3)20(17(8-4)12-14)18-9-10-19(21)15(6-2)13-18/h9-13H,5-8,21H2,1-4H3. The van der Waals surface area contributed by atoms with Crippen LogP contribution in [0.2, 0.25) is 0 Å². The van der Waals surface area contributed by atoms with Crippen molar-refractivity contribution in [1.82, 2.24) is 0 Å². The second kappa shape index (κ2) is 6.80. The molecule has 0 bridgehead atoms. The molecule has 0 spiro atoms. The molecule has 0 aromatic heterocycles. The van der Waals surface area contributed by atoms with Gasteiger partial charge in [0.05, 0.1) is 0 Å². The van der Waals surface area contributed by atoms with E-state index >= 15 is 0 Å². The predicted molar refractivity (Wildman–Crippen MR) is 93.8 cm³/mol. The first-order valence-corrected chi connectivity index (χ1v) is 8.17. The van der Waals surface area contributed by atoms with Gasteiger partial charge in [-0.1, -0.05) is 45.9 Å². The van der Waals surface area contributed by atoms with Gasteiger partial charge in [-0.25, -0.2) is 0 Å². The quantitative estimate of drug-likeness (QED) is 0.750. The molecular formula is C20H27N. The fourth-order valence-corrected chi connectivity index (χ4v) is 3.04. The van der Waals surface area contributed by atoms with Gasteiger partial charge in [0.2, 0.25) is 0 Å². The van der Waals surface area contributed by atoms with E-state index in [0.29, 0.717) is 0 Å². The Balaban J connectivity index is 2.66. The van der Waals surface area contributed by atoms with Gasteiger partial charge in [-0.3, -0.25) is 0 Å². The minimum absolute atomic E-state index is 0.905. The van der Waals surface area contributed by atoms with Crippen LogP contribution in [0.5, 0.6) is 0 Å². The number of nitrogen functional groups attached to an aromatic ring is 1. The molecule has 0 saturated carbocycles. The Morgan fingerprint density at radius 3 is 1.76 bits per heavy atom. The van der Waals surface area contributed by atoms with Gasteiger partial charge in [0.15, 0.2) is 0 Å². The monoisotopic (exact) mass is 281 g/mol. The number of anilines is 1. The minimum Gasteiger partial charge on any atom is -0.399 e. The van der Waals surface area contributed by atoms with E-state index in [1.54, 1.807) is 0 Å². The summed E-state index contributed by atoms with van der Waals surface area (Å²) in [4.78, 5) is 0. The number of hydrogen-bond donors (Lipinski definition) is 1. The zero-order valence-electron chi connectivity index (χ0n) is 13.8. The fraction of sp³-hybridized carbons (Fsp3) is 0.400. The lowest BCUT2D eigenvalue weighted by Crippen LogP contribution is -1.99. The molecule has 2 rings (SSSR count). The second-order valence-corrected chi connectivity index (χ2v) is 5.62. The van der Waals surface area contributed by atoms with Crippen molar-refractivity contribution in [2.75, 3.05) is 5.73 Å². The number of nitrogens with two attached hydrogens (primary N) is 1. The highest BCUT2D eigenvalue weighted by molar-refractivity contribution is 5.74. The lowest BCUT2D eigenvalue weighted by Gasteiger charge is -2.17. The molecule has 0 fully saturated rings. The molecule has 0 unspecified atom stereocenters. The van der Waals surface area contributed by atoms with Gasteiger partial charge in [0, 0.05) is 5.69 Å². The molecular weight excluding hydrogens is 254 g/mol. The van der Waals surface area contributed by atoms with Crippen molar-refractivity contribution in [2.45, 2.75) is 53.4 Å². The maximum Gasteiger partial charge on any atom is 0.0346 e. The Bertz CT molecular complexity index is 601. The summed E-state index contributed by atoms with van der Waals surface area (Å²) in [6.45, 7) is 8.88. The number of aryl methyl sites for hydroxylation is 4. The van der Waals surface area contributed by atoms with Gasteiger partial charge in [0.25, 0.3) is 0 Å². The average Bonchev–Trinajstić information content (AvgIpc) is 2.54. The van der Waals surface area contributed by atoms with Crippen molar-refractivity contribution < 1.29 is 0 Å². The van der Waals surface area contributed by atoms with Crippen molar-refractivity contribution in [1.29, 1.82) is 0 Å². The number of hydrogen-bond acceptors (Lipinski definition) is 1. The molecule has 2 aromatic rings. The molecule has 2 aromatic carbocycles. The predicted octanol–water partition coefficient (Wildman–Crippen LogP) is 5.19. The summed E-state index contributed by atoms with van der Waals surface area (Å²) in [6.07, 6.45) is 4.22. The topological polar surface area (TPSA) is 26.0 Å². The van der Waals surface area contributed by atoms with Gasteiger partial charge in [-0.05, 0) is 71.2 Å². The summed E-state index contributed by atoms with van der Waals surface area (Å²) in [6, 6.07) is 11.2. The van der Waals surface area contributed by atoms with E-state index in [4.69, 9.17) is 5.73 Å². The van der Waals surface area contributed by atoms with E-state index in [1.807, 2.05) is 0 Å². The molecule has 1 heteroatoms. The smallest absolute Gasteiger partial charge is 0.0346 e. The summed E-state index contributed by atoms with van der Waals surface area (Å²) in [5.74, 6) is 0. The normalized spacial score (nSPS) is 10.9. The van der Waals surface area contributed by atoms with Crippen LogP contribution < -0.4 is 5.73 Å². The number of rotatable bonds is 5. The second-order valence-electron chi connectivity index (χ2n) is 5.62. The maximum absolute atomic E-state index is 6.06. The van der Waals surface area contributed by atoms with Crippen molar-refractivity contribution >= 4 is 5.69 Å². The molecule has 1 nitrogen and oxygen atoms in total. The molecule has 21 heavy (non-hydrogen) atoms. The van der Waals surface area contributed by atoms with Crippen molar-refractivity contribution in [2.24, 2.45) is 0 Å². The Labute approximate surface area is 129 Å². The van der Waals surface area contributed by atoms with E-state index in [0.717, 1.165) is 31.4 Å². The van der Waals surface area contributed by atoms with Crippen LogP contribution in [0.1, 0.15) is 49.9 Å². The average molecular weight is 281 g/mol. The van der Waals surface area contributed by atoms with Gasteiger partial charge in [-0.15, -0.1) is 0 Å². The van der Waals surface area contributed by atoms with E-state index in [-0.39, 0.29) is 0 Å². The van der Waals surface area contributed by atoms with Gasteiger partial charge in [0.1, 0.15) is 0 Å². The van der Waals surface area contributed by atoms with Crippen LogP contribution in [0.4, 0.5) is 5.69 Å². The van der Waals surface area contributed by atoms with Gasteiger partial charge >= 0.3 is 0 Å². The van der Waals surface area contributed by atoms with E-state index in [1.165, 1.54) is 33.4 Å². The maximum atomic E-state index is 6.06. The third-order valence-electron chi connectivity index (χ3n) is 4.34. The molecule has 112 valence electrons. The molecule has 0 saturated heterocycles. The molecule has 0 heterocycles. The number of benzene rings is 2. The molecule has 0 amide bonds. The van der Waals surface area contributed by atoms with Gasteiger partial charge < -0.3 is 5.73 Å². The van der Waals surface area contributed by atoms with E-state index < -0.39 is 0 Å². The third-order valence-corrected chi connectivity index (χ3v) is 4.34. The largest absolute Gasteiger partial charge is 0.399 e. The minimum atomic E-state index is 0.905. The molecule has 2 N–H and O–H groups in total. The van der Waals surface area contributed by atoms with Crippen molar-refractivity contribution in [3.05, 3.63) is 52.6 Å². The van der Waals surface area contributed by atoms with Crippen LogP contribution in [0, 0.1) is 0 Å². The molecule has 0 aliphatic rings. The lowest BCUT2D eigenvalue weighted by molar-refractivity contribution is 1.05. The van der Waals surface area contributed by atoms with Crippen molar-refractivity contribution in [3.8, 4) is 11.1 Å². The summed E-state index contributed by atoms with van der Waals surface area (Å²) >= 11 is 0. The SMILES string of the molecule is CCc1cc(CC)c(-c2ccc(N)c(CC)c2)c(CC)c1. The fourth-order valence-electron chi connectivity index (χ4n) is 3.04. The van der Waals surface area contributed by atoms with E-state index in [9.17, 15) is 0 Å². The van der Waals surface area contributed by atoms with E-state index in [2.05, 4.69) is 58.0 Å². The zero-order chi connectivity index (χ0) is 15.4. The highest BCUT2D eigenvalue weighted by Gasteiger charge is 2.12. The molecule has 0 atom stereocenters. The molecule has 0 radical (unpaired) electrons.